The Morgan fingerprint density at radius 2 is 1.95 bits per heavy atom. The van der Waals surface area contributed by atoms with Gasteiger partial charge in [0, 0.05) is 6.04 Å². The lowest BCUT2D eigenvalue weighted by molar-refractivity contribution is 0.248. The van der Waals surface area contributed by atoms with Crippen LogP contribution in [0.4, 0.5) is 0 Å². The lowest BCUT2D eigenvalue weighted by Crippen LogP contribution is -2.24. The van der Waals surface area contributed by atoms with E-state index in [9.17, 15) is 0 Å². The summed E-state index contributed by atoms with van der Waals surface area (Å²) in [5, 5.41) is 4.38. The first-order chi connectivity index (χ1) is 10.1. The molecule has 0 aliphatic rings. The highest BCUT2D eigenvalue weighted by Crippen LogP contribution is 2.06. The van der Waals surface area contributed by atoms with Crippen molar-refractivity contribution in [1.82, 2.24) is 19.2 Å². The summed E-state index contributed by atoms with van der Waals surface area (Å²) in [4.78, 5) is 2.26. The van der Waals surface area contributed by atoms with Crippen LogP contribution >= 0.6 is 12.2 Å². The van der Waals surface area contributed by atoms with E-state index in [-0.39, 0.29) is 0 Å². The minimum Gasteiger partial charge on any atom is -0.304 e. The van der Waals surface area contributed by atoms with Gasteiger partial charge in [0.1, 0.15) is 6.33 Å². The van der Waals surface area contributed by atoms with Crippen LogP contribution in [0.1, 0.15) is 31.9 Å². The van der Waals surface area contributed by atoms with Crippen molar-refractivity contribution < 1.29 is 0 Å². The Balaban J connectivity index is 1.82. The van der Waals surface area contributed by atoms with E-state index in [1.807, 2.05) is 15.6 Å². The standard InChI is InChI=1S/C16H24N4S/c1-14(2)19-12-17-20(16(19)21)13-18(3)11-7-10-15-8-5-4-6-9-15/h4-6,8-9,12,14H,7,10-11,13H2,1-3H3. The highest BCUT2D eigenvalue weighted by molar-refractivity contribution is 7.71. The third-order valence-electron chi connectivity index (χ3n) is 3.54. The van der Waals surface area contributed by atoms with Crippen LogP contribution in [-0.2, 0) is 13.1 Å². The van der Waals surface area contributed by atoms with E-state index in [2.05, 4.69) is 61.2 Å². The van der Waals surface area contributed by atoms with E-state index >= 15 is 0 Å². The second-order valence-electron chi connectivity index (χ2n) is 5.72. The van der Waals surface area contributed by atoms with Gasteiger partial charge in [-0.25, -0.2) is 4.68 Å². The molecule has 4 nitrogen and oxygen atoms in total. The molecule has 0 N–H and O–H groups in total. The average molecular weight is 304 g/mol. The lowest BCUT2D eigenvalue weighted by atomic mass is 10.1. The molecule has 1 aromatic carbocycles. The number of nitrogens with zero attached hydrogens (tertiary/aromatic N) is 4. The molecule has 0 amide bonds. The molecular formula is C16H24N4S. The molecule has 114 valence electrons. The molecule has 0 saturated carbocycles. The maximum atomic E-state index is 5.45. The summed E-state index contributed by atoms with van der Waals surface area (Å²) in [5.41, 5.74) is 1.39. The Morgan fingerprint density at radius 3 is 2.57 bits per heavy atom. The molecule has 0 saturated heterocycles. The van der Waals surface area contributed by atoms with Gasteiger partial charge in [-0.2, -0.15) is 5.10 Å². The maximum absolute atomic E-state index is 5.45. The van der Waals surface area contributed by atoms with Crippen LogP contribution in [0, 0.1) is 4.77 Å². The van der Waals surface area contributed by atoms with E-state index in [1.54, 1.807) is 0 Å². The van der Waals surface area contributed by atoms with Gasteiger partial charge in [0.05, 0.1) is 6.67 Å². The van der Waals surface area contributed by atoms with Crippen LogP contribution in [0.5, 0.6) is 0 Å². The smallest absolute Gasteiger partial charge is 0.199 e. The summed E-state index contributed by atoms with van der Waals surface area (Å²) in [7, 11) is 2.11. The second kappa shape index (κ2) is 7.52. The van der Waals surface area contributed by atoms with Gasteiger partial charge in [-0.3, -0.25) is 4.90 Å². The number of aromatic nitrogens is 3. The quantitative estimate of drug-likeness (QED) is 0.732. The minimum absolute atomic E-state index is 0.356. The zero-order valence-corrected chi connectivity index (χ0v) is 13.9. The molecule has 0 aliphatic heterocycles. The third-order valence-corrected chi connectivity index (χ3v) is 3.96. The van der Waals surface area contributed by atoms with E-state index in [0.29, 0.717) is 6.04 Å². The number of hydrogen-bond donors (Lipinski definition) is 0. The summed E-state index contributed by atoms with van der Waals surface area (Å²) >= 11 is 5.45. The van der Waals surface area contributed by atoms with Crippen LogP contribution in [0.3, 0.4) is 0 Å². The topological polar surface area (TPSA) is 26.0 Å². The van der Waals surface area contributed by atoms with Crippen molar-refractivity contribution in [2.75, 3.05) is 13.6 Å². The van der Waals surface area contributed by atoms with E-state index in [4.69, 9.17) is 12.2 Å². The third kappa shape index (κ3) is 4.51. The molecule has 1 aromatic heterocycles. The summed E-state index contributed by atoms with van der Waals surface area (Å²) in [5.74, 6) is 0. The van der Waals surface area contributed by atoms with Gasteiger partial charge in [-0.1, -0.05) is 30.3 Å². The monoisotopic (exact) mass is 304 g/mol. The lowest BCUT2D eigenvalue weighted by Gasteiger charge is -2.16. The number of rotatable bonds is 7. The molecule has 0 radical (unpaired) electrons. The molecule has 0 atom stereocenters. The normalized spacial score (nSPS) is 11.5. The highest BCUT2D eigenvalue weighted by atomic mass is 32.1. The first kappa shape index (κ1) is 15.9. The van der Waals surface area contributed by atoms with Crippen molar-refractivity contribution in [1.29, 1.82) is 0 Å². The molecule has 0 bridgehead atoms. The minimum atomic E-state index is 0.356. The Bertz CT molecular complexity index is 600. The second-order valence-corrected chi connectivity index (χ2v) is 6.09. The van der Waals surface area contributed by atoms with E-state index < -0.39 is 0 Å². The summed E-state index contributed by atoms with van der Waals surface area (Å²) < 4.78 is 4.70. The van der Waals surface area contributed by atoms with Crippen LogP contribution in [0.15, 0.2) is 36.7 Å². The van der Waals surface area contributed by atoms with Crippen molar-refractivity contribution in [3.63, 3.8) is 0 Å². The van der Waals surface area contributed by atoms with E-state index in [1.165, 1.54) is 5.56 Å². The van der Waals surface area contributed by atoms with Crippen molar-refractivity contribution in [3.8, 4) is 0 Å². The molecule has 0 unspecified atom stereocenters. The zero-order valence-electron chi connectivity index (χ0n) is 13.1. The van der Waals surface area contributed by atoms with Crippen LogP contribution in [-0.4, -0.2) is 32.8 Å². The Hall–Kier alpha value is -1.46. The average Bonchev–Trinajstić information content (AvgIpc) is 2.81. The maximum Gasteiger partial charge on any atom is 0.199 e. The largest absolute Gasteiger partial charge is 0.304 e. The molecule has 2 rings (SSSR count). The molecular weight excluding hydrogens is 280 g/mol. The van der Waals surface area contributed by atoms with Crippen molar-refractivity contribution in [3.05, 3.63) is 47.0 Å². The molecule has 2 aromatic rings. The SMILES string of the molecule is CC(C)n1cnn(CN(C)CCCc2ccccc2)c1=S. The molecule has 0 fully saturated rings. The molecule has 1 heterocycles. The summed E-state index contributed by atoms with van der Waals surface area (Å²) in [6.45, 7) is 6.01. The fourth-order valence-corrected chi connectivity index (χ4v) is 2.66. The molecule has 21 heavy (non-hydrogen) atoms. The fraction of sp³-hybridized carbons (Fsp3) is 0.500. The van der Waals surface area contributed by atoms with Gasteiger partial charge < -0.3 is 4.57 Å². The number of hydrogen-bond acceptors (Lipinski definition) is 3. The van der Waals surface area contributed by atoms with Gasteiger partial charge in [0.2, 0.25) is 0 Å². The predicted octanol–water partition coefficient (Wildman–Crippen LogP) is 3.52. The van der Waals surface area contributed by atoms with Gasteiger partial charge in [-0.05, 0) is 58.1 Å². The summed E-state index contributed by atoms with van der Waals surface area (Å²) in [6, 6.07) is 11.0. The first-order valence-electron chi connectivity index (χ1n) is 7.44. The Labute approximate surface area is 132 Å². The van der Waals surface area contributed by atoms with Gasteiger partial charge in [0.15, 0.2) is 4.77 Å². The van der Waals surface area contributed by atoms with Gasteiger partial charge in [-0.15, -0.1) is 0 Å². The zero-order chi connectivity index (χ0) is 15.2. The fourth-order valence-electron chi connectivity index (χ4n) is 2.30. The van der Waals surface area contributed by atoms with Crippen LogP contribution < -0.4 is 0 Å². The molecule has 0 aliphatic carbocycles. The highest BCUT2D eigenvalue weighted by Gasteiger charge is 2.06. The van der Waals surface area contributed by atoms with Crippen molar-refractivity contribution in [2.24, 2.45) is 0 Å². The van der Waals surface area contributed by atoms with Crippen molar-refractivity contribution >= 4 is 12.2 Å². The van der Waals surface area contributed by atoms with Crippen LogP contribution in [0.2, 0.25) is 0 Å². The number of benzene rings is 1. The van der Waals surface area contributed by atoms with Gasteiger partial charge >= 0.3 is 0 Å². The van der Waals surface area contributed by atoms with Gasteiger partial charge in [0.25, 0.3) is 0 Å². The Morgan fingerprint density at radius 1 is 1.24 bits per heavy atom. The van der Waals surface area contributed by atoms with Crippen molar-refractivity contribution in [2.45, 2.75) is 39.4 Å². The number of aryl methyl sites for hydroxylation is 1. The summed E-state index contributed by atoms with van der Waals surface area (Å²) in [6.07, 6.45) is 4.07. The van der Waals surface area contributed by atoms with E-state index in [0.717, 1.165) is 30.8 Å². The Kier molecular flexibility index (Phi) is 5.70. The molecule has 0 spiro atoms. The molecule has 5 heteroatoms. The van der Waals surface area contributed by atoms with Crippen LogP contribution in [0.25, 0.3) is 0 Å². The first-order valence-corrected chi connectivity index (χ1v) is 7.85. The predicted molar refractivity (Wildman–Crippen MR) is 88.8 cm³/mol.